The lowest BCUT2D eigenvalue weighted by Crippen LogP contribution is -2.41. The zero-order valence-electron chi connectivity index (χ0n) is 19.2. The monoisotopic (exact) mass is 483 g/mol. The Hall–Kier alpha value is -4.99. The van der Waals surface area contributed by atoms with Crippen molar-refractivity contribution in [3.05, 3.63) is 99.6 Å². The summed E-state index contributed by atoms with van der Waals surface area (Å²) < 4.78 is 5.32. The highest BCUT2D eigenvalue weighted by Crippen LogP contribution is 2.35. The van der Waals surface area contributed by atoms with Gasteiger partial charge in [-0.15, -0.1) is 0 Å². The van der Waals surface area contributed by atoms with Gasteiger partial charge in [-0.1, -0.05) is 0 Å². The van der Waals surface area contributed by atoms with Gasteiger partial charge in [0.25, 0.3) is 17.5 Å². The fourth-order valence-electron chi connectivity index (χ4n) is 4.10. The Bertz CT molecular complexity index is 1490. The highest BCUT2D eigenvalue weighted by atomic mass is 16.6. The molecule has 0 bridgehead atoms. The minimum atomic E-state index is -0.585. The average molecular weight is 483 g/mol. The molecular formula is C26H21N5O5. The number of aromatic nitrogens is 1. The minimum absolute atomic E-state index is 0.126. The van der Waals surface area contributed by atoms with E-state index in [1.54, 1.807) is 19.2 Å². The highest BCUT2D eigenvalue weighted by Gasteiger charge is 2.23. The topological polar surface area (TPSA) is 127 Å². The van der Waals surface area contributed by atoms with Crippen molar-refractivity contribution < 1.29 is 19.2 Å². The van der Waals surface area contributed by atoms with Gasteiger partial charge in [0.2, 0.25) is 0 Å². The molecule has 5 rings (SSSR count). The van der Waals surface area contributed by atoms with E-state index in [9.17, 15) is 19.7 Å². The van der Waals surface area contributed by atoms with E-state index in [-0.39, 0.29) is 11.3 Å². The summed E-state index contributed by atoms with van der Waals surface area (Å²) in [7, 11) is 1.62. The molecule has 4 aromatic rings. The predicted octanol–water partition coefficient (Wildman–Crippen LogP) is 3.92. The lowest BCUT2D eigenvalue weighted by molar-refractivity contribution is -0.384. The number of benzene rings is 3. The number of hydrazine groups is 1. The Morgan fingerprint density at radius 3 is 2.19 bits per heavy atom. The van der Waals surface area contributed by atoms with Gasteiger partial charge in [-0.2, -0.15) is 0 Å². The van der Waals surface area contributed by atoms with Crippen LogP contribution in [-0.2, 0) is 6.42 Å². The molecule has 0 spiro atoms. The van der Waals surface area contributed by atoms with Crippen molar-refractivity contribution in [1.82, 2.24) is 15.8 Å². The zero-order valence-corrected chi connectivity index (χ0v) is 19.2. The average Bonchev–Trinajstić information content (AvgIpc) is 3.32. The van der Waals surface area contributed by atoms with Crippen LogP contribution in [0.1, 0.15) is 26.3 Å². The number of fused-ring (bicyclic) bond motifs is 2. The second kappa shape index (κ2) is 9.34. The van der Waals surface area contributed by atoms with Crippen LogP contribution in [0.3, 0.4) is 0 Å². The zero-order chi connectivity index (χ0) is 25.2. The van der Waals surface area contributed by atoms with Crippen molar-refractivity contribution in [2.24, 2.45) is 0 Å². The summed E-state index contributed by atoms with van der Waals surface area (Å²) in [5, 5.41) is 11.8. The molecule has 2 N–H and O–H groups in total. The summed E-state index contributed by atoms with van der Waals surface area (Å²) in [5.41, 5.74) is 7.99. The first-order valence-corrected chi connectivity index (χ1v) is 11.1. The van der Waals surface area contributed by atoms with E-state index in [0.29, 0.717) is 5.56 Å². The Kier molecular flexibility index (Phi) is 5.91. The maximum atomic E-state index is 12.5. The number of nitro benzene ring substituents is 1. The van der Waals surface area contributed by atoms with Gasteiger partial charge >= 0.3 is 0 Å². The van der Waals surface area contributed by atoms with Crippen LogP contribution in [0.25, 0.3) is 10.9 Å². The molecule has 1 aliphatic rings. The van der Waals surface area contributed by atoms with Gasteiger partial charge in [0.1, 0.15) is 11.6 Å². The number of carbonyl (C=O) groups excluding carboxylic acids is 2. The molecule has 1 aliphatic heterocycles. The van der Waals surface area contributed by atoms with Crippen LogP contribution >= 0.6 is 0 Å². The molecule has 0 saturated heterocycles. The van der Waals surface area contributed by atoms with E-state index in [0.717, 1.165) is 46.7 Å². The number of nitrogens with zero attached hydrogens (tertiary/aromatic N) is 3. The lowest BCUT2D eigenvalue weighted by Gasteiger charge is -2.19. The number of ether oxygens (including phenoxy) is 1. The van der Waals surface area contributed by atoms with E-state index in [1.807, 2.05) is 30.3 Å². The Balaban J connectivity index is 1.26. The maximum absolute atomic E-state index is 12.5. The van der Waals surface area contributed by atoms with Crippen LogP contribution in [0.15, 0.2) is 72.8 Å². The normalized spacial score (nSPS) is 12.2. The van der Waals surface area contributed by atoms with Crippen molar-refractivity contribution in [3.8, 4) is 5.75 Å². The maximum Gasteiger partial charge on any atom is 0.269 e. The number of anilines is 2. The summed E-state index contributed by atoms with van der Waals surface area (Å²) in [6.45, 7) is 0.770. The van der Waals surface area contributed by atoms with Crippen molar-refractivity contribution >= 4 is 39.9 Å². The summed E-state index contributed by atoms with van der Waals surface area (Å²) in [5.74, 6) is 0.548. The van der Waals surface area contributed by atoms with Crippen molar-refractivity contribution in [1.29, 1.82) is 0 Å². The quantitative estimate of drug-likeness (QED) is 0.325. The van der Waals surface area contributed by atoms with Crippen LogP contribution in [-0.4, -0.2) is 35.4 Å². The van der Waals surface area contributed by atoms with Crippen LogP contribution in [0.5, 0.6) is 5.75 Å². The number of nitrogens with one attached hydrogen (secondary N) is 2. The molecule has 0 fully saturated rings. The van der Waals surface area contributed by atoms with Gasteiger partial charge in [-0.05, 0) is 66.6 Å². The van der Waals surface area contributed by atoms with E-state index in [1.165, 1.54) is 24.3 Å². The molecule has 0 atom stereocenters. The molecule has 10 heteroatoms. The third kappa shape index (κ3) is 4.39. The summed E-state index contributed by atoms with van der Waals surface area (Å²) in [6.07, 6.45) is 0.862. The van der Waals surface area contributed by atoms with E-state index in [4.69, 9.17) is 9.72 Å². The first-order chi connectivity index (χ1) is 17.4. The van der Waals surface area contributed by atoms with Gasteiger partial charge in [0, 0.05) is 46.9 Å². The molecule has 2 amide bonds. The molecule has 0 aliphatic carbocycles. The number of rotatable bonds is 5. The molecule has 0 radical (unpaired) electrons. The predicted molar refractivity (Wildman–Crippen MR) is 133 cm³/mol. The molecule has 180 valence electrons. The minimum Gasteiger partial charge on any atom is -0.497 e. The number of hydrogen-bond acceptors (Lipinski definition) is 7. The van der Waals surface area contributed by atoms with E-state index < -0.39 is 16.7 Å². The van der Waals surface area contributed by atoms with Gasteiger partial charge < -0.3 is 9.64 Å². The highest BCUT2D eigenvalue weighted by molar-refractivity contribution is 5.99. The second-order valence-corrected chi connectivity index (χ2v) is 8.19. The summed E-state index contributed by atoms with van der Waals surface area (Å²) in [6, 6.07) is 20.1. The Morgan fingerprint density at radius 2 is 1.58 bits per heavy atom. The molecule has 1 aromatic heterocycles. The first kappa shape index (κ1) is 22.8. The van der Waals surface area contributed by atoms with Crippen LogP contribution in [0.4, 0.5) is 17.2 Å². The van der Waals surface area contributed by atoms with Gasteiger partial charge in [-0.25, -0.2) is 4.98 Å². The van der Waals surface area contributed by atoms with Gasteiger partial charge in [-0.3, -0.25) is 30.6 Å². The molecule has 0 unspecified atom stereocenters. The molecule has 2 heterocycles. The van der Waals surface area contributed by atoms with E-state index >= 15 is 0 Å². The number of carbonyl (C=O) groups is 2. The van der Waals surface area contributed by atoms with Gasteiger partial charge in [0.15, 0.2) is 0 Å². The number of hydrogen-bond donors (Lipinski definition) is 2. The number of pyridine rings is 1. The van der Waals surface area contributed by atoms with Crippen molar-refractivity contribution in [3.63, 3.8) is 0 Å². The number of non-ortho nitro benzene ring substituents is 1. The van der Waals surface area contributed by atoms with Gasteiger partial charge in [0.05, 0.1) is 17.5 Å². The van der Waals surface area contributed by atoms with Crippen LogP contribution in [0.2, 0.25) is 0 Å². The smallest absolute Gasteiger partial charge is 0.269 e. The molecular weight excluding hydrogens is 462 g/mol. The Morgan fingerprint density at radius 1 is 0.944 bits per heavy atom. The summed E-state index contributed by atoms with van der Waals surface area (Å²) in [4.78, 5) is 41.9. The first-order valence-electron chi connectivity index (χ1n) is 11.1. The van der Waals surface area contributed by atoms with E-state index in [2.05, 4.69) is 21.8 Å². The fourth-order valence-corrected chi connectivity index (χ4v) is 4.10. The molecule has 10 nitrogen and oxygen atoms in total. The molecule has 36 heavy (non-hydrogen) atoms. The lowest BCUT2D eigenvalue weighted by atomic mass is 10.1. The summed E-state index contributed by atoms with van der Waals surface area (Å²) >= 11 is 0. The molecule has 3 aromatic carbocycles. The third-order valence-electron chi connectivity index (χ3n) is 6.01. The second-order valence-electron chi connectivity index (χ2n) is 8.19. The van der Waals surface area contributed by atoms with Crippen molar-refractivity contribution in [2.75, 3.05) is 18.6 Å². The van der Waals surface area contributed by atoms with Crippen LogP contribution in [0, 0.1) is 10.1 Å². The third-order valence-corrected chi connectivity index (χ3v) is 6.01. The van der Waals surface area contributed by atoms with Crippen molar-refractivity contribution in [2.45, 2.75) is 6.42 Å². The SMILES string of the molecule is COc1ccc2cc3c(nc2c1)N(c1ccc(C(=O)NNC(=O)c2ccc([N+](=O)[O-])cc2)cc1)CC3. The van der Waals surface area contributed by atoms with Crippen LogP contribution < -0.4 is 20.5 Å². The Labute approximate surface area is 205 Å². The fraction of sp³-hybridized carbons (Fsp3) is 0.115. The molecule has 0 saturated carbocycles. The largest absolute Gasteiger partial charge is 0.497 e. The number of nitro groups is 1. The number of amides is 2. The number of methoxy groups -OCH3 is 1. The standard InChI is InChI=1S/C26H21N5O5/c1-36-22-11-6-18-14-19-12-13-30(24(19)27-23(18)15-22)20-7-2-16(3-8-20)25(32)28-29-26(33)17-4-9-21(10-5-17)31(34)35/h2-11,14-15H,12-13H2,1H3,(H,28,32)(H,29,33).